The molecule has 8 heteroatoms. The molecule has 0 aliphatic rings. The highest BCUT2D eigenvalue weighted by molar-refractivity contribution is 14.0. The van der Waals surface area contributed by atoms with Gasteiger partial charge in [-0.05, 0) is 23.8 Å². The van der Waals surface area contributed by atoms with Crippen LogP contribution in [-0.4, -0.2) is 31.8 Å². The van der Waals surface area contributed by atoms with Gasteiger partial charge in [0.25, 0.3) is 0 Å². The summed E-state index contributed by atoms with van der Waals surface area (Å²) in [7, 11) is 3.17. The Morgan fingerprint density at radius 2 is 1.88 bits per heavy atom. The number of rotatable bonds is 7. The molecule has 0 saturated heterocycles. The number of benzene rings is 2. The molecule has 6 nitrogen and oxygen atoms in total. The number of guanidine groups is 1. The van der Waals surface area contributed by atoms with Crippen LogP contribution in [0.5, 0.6) is 11.5 Å². The zero-order valence-corrected chi connectivity index (χ0v) is 17.7. The molecule has 142 valence electrons. The number of aliphatic imine (C=N–C) groups is 1. The van der Waals surface area contributed by atoms with Crippen LogP contribution in [0.4, 0.5) is 0 Å². The highest BCUT2D eigenvalue weighted by atomic mass is 127. The minimum atomic E-state index is -0.775. The van der Waals surface area contributed by atoms with Gasteiger partial charge in [-0.25, -0.2) is 4.99 Å². The fraction of sp³-hybridized carbons (Fsp3) is 0.278. The van der Waals surface area contributed by atoms with Crippen molar-refractivity contribution in [3.63, 3.8) is 0 Å². The third kappa shape index (κ3) is 6.22. The van der Waals surface area contributed by atoms with Gasteiger partial charge in [0.05, 0.1) is 26.9 Å². The number of nitrogens with one attached hydrogen (secondary N) is 1. The van der Waals surface area contributed by atoms with Crippen molar-refractivity contribution in [2.45, 2.75) is 12.6 Å². The molecule has 2 aromatic rings. The number of ether oxygens (including phenoxy) is 2. The Morgan fingerprint density at radius 3 is 2.54 bits per heavy atom. The van der Waals surface area contributed by atoms with Crippen molar-refractivity contribution in [3.8, 4) is 11.5 Å². The Bertz CT molecular complexity index is 743. The molecule has 0 bridgehead atoms. The molecule has 0 aliphatic carbocycles. The summed E-state index contributed by atoms with van der Waals surface area (Å²) in [6, 6.07) is 12.7. The second kappa shape index (κ2) is 11.1. The lowest BCUT2D eigenvalue weighted by Crippen LogP contribution is -2.35. The molecular formula is C18H23ClIN3O3. The number of aliphatic hydroxyl groups excluding tert-OH is 1. The molecule has 1 atom stereocenters. The molecule has 0 saturated carbocycles. The van der Waals surface area contributed by atoms with Gasteiger partial charge in [-0.1, -0.05) is 35.9 Å². The van der Waals surface area contributed by atoms with Crippen molar-refractivity contribution in [3.05, 3.63) is 58.6 Å². The van der Waals surface area contributed by atoms with E-state index in [1.165, 1.54) is 0 Å². The minimum absolute atomic E-state index is 0. The van der Waals surface area contributed by atoms with Gasteiger partial charge in [0, 0.05) is 17.1 Å². The SMILES string of the molecule is COc1ccc(CN=C(N)NCC(O)c2ccccc2Cl)cc1OC.I. The number of methoxy groups -OCH3 is 2. The summed E-state index contributed by atoms with van der Waals surface area (Å²) in [6.45, 7) is 0.590. The highest BCUT2D eigenvalue weighted by Gasteiger charge is 2.11. The zero-order chi connectivity index (χ0) is 18.2. The number of hydrogen-bond acceptors (Lipinski definition) is 4. The van der Waals surface area contributed by atoms with Crippen LogP contribution in [0.1, 0.15) is 17.2 Å². The molecule has 1 unspecified atom stereocenters. The van der Waals surface area contributed by atoms with Gasteiger partial charge in [0.15, 0.2) is 17.5 Å². The van der Waals surface area contributed by atoms with Crippen molar-refractivity contribution in [1.82, 2.24) is 5.32 Å². The summed E-state index contributed by atoms with van der Waals surface area (Å²) < 4.78 is 10.5. The second-order valence-electron chi connectivity index (χ2n) is 5.31. The van der Waals surface area contributed by atoms with Gasteiger partial charge in [-0.15, -0.1) is 24.0 Å². The van der Waals surface area contributed by atoms with Crippen molar-refractivity contribution in [1.29, 1.82) is 0 Å². The molecule has 2 rings (SSSR count). The normalized spacial score (nSPS) is 12.1. The van der Waals surface area contributed by atoms with E-state index in [4.69, 9.17) is 26.8 Å². The number of nitrogens with zero attached hydrogens (tertiary/aromatic N) is 1. The molecular weight excluding hydrogens is 469 g/mol. The first-order valence-corrected chi connectivity index (χ1v) is 8.10. The van der Waals surface area contributed by atoms with Crippen LogP contribution in [0.25, 0.3) is 0 Å². The average molecular weight is 492 g/mol. The quantitative estimate of drug-likeness (QED) is 0.315. The molecule has 0 amide bonds. The van der Waals surface area contributed by atoms with Crippen LogP contribution >= 0.6 is 35.6 Å². The van der Waals surface area contributed by atoms with Crippen LogP contribution in [0, 0.1) is 0 Å². The maximum atomic E-state index is 10.2. The highest BCUT2D eigenvalue weighted by Crippen LogP contribution is 2.27. The molecule has 2 aromatic carbocycles. The Hall–Kier alpha value is -1.71. The summed E-state index contributed by atoms with van der Waals surface area (Å²) >= 11 is 6.06. The van der Waals surface area contributed by atoms with Gasteiger partial charge < -0.3 is 25.6 Å². The van der Waals surface area contributed by atoms with E-state index < -0.39 is 6.10 Å². The topological polar surface area (TPSA) is 89.1 Å². The lowest BCUT2D eigenvalue weighted by Gasteiger charge is -2.14. The smallest absolute Gasteiger partial charge is 0.189 e. The summed E-state index contributed by atoms with van der Waals surface area (Å²) in [5.41, 5.74) is 7.42. The largest absolute Gasteiger partial charge is 0.493 e. The van der Waals surface area contributed by atoms with Gasteiger partial charge in [0.2, 0.25) is 0 Å². The lowest BCUT2D eigenvalue weighted by molar-refractivity contribution is 0.181. The fourth-order valence-corrected chi connectivity index (χ4v) is 2.53. The van der Waals surface area contributed by atoms with Crippen molar-refractivity contribution in [2.24, 2.45) is 10.7 Å². The average Bonchev–Trinajstić information content (AvgIpc) is 2.64. The number of hydrogen-bond donors (Lipinski definition) is 3. The van der Waals surface area contributed by atoms with Crippen molar-refractivity contribution >= 4 is 41.5 Å². The van der Waals surface area contributed by atoms with Crippen molar-refractivity contribution in [2.75, 3.05) is 20.8 Å². The van der Waals surface area contributed by atoms with Gasteiger partial charge in [-0.3, -0.25) is 0 Å². The summed E-state index contributed by atoms with van der Waals surface area (Å²) in [4.78, 5) is 4.26. The summed E-state index contributed by atoms with van der Waals surface area (Å²) in [6.07, 6.45) is -0.775. The van der Waals surface area contributed by atoms with E-state index in [-0.39, 0.29) is 36.5 Å². The molecule has 0 fully saturated rings. The first-order chi connectivity index (χ1) is 12.0. The van der Waals surface area contributed by atoms with Gasteiger partial charge in [0.1, 0.15) is 0 Å². The monoisotopic (exact) mass is 491 g/mol. The Balaban J connectivity index is 0.00000338. The predicted molar refractivity (Wildman–Crippen MR) is 115 cm³/mol. The maximum Gasteiger partial charge on any atom is 0.189 e. The third-order valence-electron chi connectivity index (χ3n) is 3.62. The van der Waals surface area contributed by atoms with E-state index in [1.807, 2.05) is 30.3 Å². The second-order valence-corrected chi connectivity index (χ2v) is 5.72. The Labute approximate surface area is 175 Å². The molecule has 0 heterocycles. The van der Waals surface area contributed by atoms with Crippen LogP contribution in [0.3, 0.4) is 0 Å². The zero-order valence-electron chi connectivity index (χ0n) is 14.6. The third-order valence-corrected chi connectivity index (χ3v) is 3.96. The standard InChI is InChI=1S/C18H22ClN3O3.HI/c1-24-16-8-7-12(9-17(16)25-2)10-21-18(20)22-11-15(23)13-5-3-4-6-14(13)19;/h3-9,15,23H,10-11H2,1-2H3,(H3,20,21,22);1H. The van der Waals surface area contributed by atoms with Gasteiger partial charge in [-0.2, -0.15) is 0 Å². The lowest BCUT2D eigenvalue weighted by atomic mass is 10.1. The molecule has 0 aromatic heterocycles. The molecule has 4 N–H and O–H groups in total. The first-order valence-electron chi connectivity index (χ1n) is 7.72. The van der Waals surface area contributed by atoms with E-state index in [2.05, 4.69) is 10.3 Å². The van der Waals surface area contributed by atoms with Crippen molar-refractivity contribution < 1.29 is 14.6 Å². The number of nitrogens with two attached hydrogens (primary N) is 1. The first kappa shape index (κ1) is 22.3. The molecule has 0 spiro atoms. The van der Waals surface area contributed by atoms with E-state index in [0.717, 1.165) is 5.56 Å². The van der Waals surface area contributed by atoms with E-state index in [9.17, 15) is 5.11 Å². The van der Waals surface area contributed by atoms with E-state index >= 15 is 0 Å². The van der Waals surface area contributed by atoms with Crippen LogP contribution in [-0.2, 0) is 6.54 Å². The fourth-order valence-electron chi connectivity index (χ4n) is 2.27. The summed E-state index contributed by atoms with van der Waals surface area (Å²) in [5, 5.41) is 13.6. The Kier molecular flexibility index (Phi) is 9.53. The molecule has 0 radical (unpaired) electrons. The van der Waals surface area contributed by atoms with Crippen LogP contribution in [0.15, 0.2) is 47.5 Å². The van der Waals surface area contributed by atoms with Crippen LogP contribution in [0.2, 0.25) is 5.02 Å². The van der Waals surface area contributed by atoms with E-state index in [1.54, 1.807) is 26.4 Å². The van der Waals surface area contributed by atoms with E-state index in [0.29, 0.717) is 28.6 Å². The minimum Gasteiger partial charge on any atom is -0.493 e. The summed E-state index contributed by atoms with van der Waals surface area (Å²) in [5.74, 6) is 1.53. The maximum absolute atomic E-state index is 10.2. The predicted octanol–water partition coefficient (Wildman–Crippen LogP) is 3.11. The number of aliphatic hydroxyl groups is 1. The molecule has 26 heavy (non-hydrogen) atoms. The Morgan fingerprint density at radius 1 is 1.19 bits per heavy atom. The van der Waals surface area contributed by atoms with Gasteiger partial charge >= 0.3 is 0 Å². The number of halogens is 2. The molecule has 0 aliphatic heterocycles. The van der Waals surface area contributed by atoms with Crippen LogP contribution < -0.4 is 20.5 Å².